The number of hydrogen-bond acceptors (Lipinski definition) is 3. The van der Waals surface area contributed by atoms with Gasteiger partial charge in [-0.2, -0.15) is 0 Å². The van der Waals surface area contributed by atoms with Gasteiger partial charge in [0.15, 0.2) is 0 Å². The zero-order valence-electron chi connectivity index (χ0n) is 15.3. The first-order chi connectivity index (χ1) is 12.1. The third-order valence-corrected chi connectivity index (χ3v) is 5.63. The first-order valence-electron chi connectivity index (χ1n) is 9.49. The standard InChI is InChI=1S/C20H29FN2O2/c1-3-18-19(24)23(4-2)15-20(25-18)10-13-22(14-11-20)12-9-16-7-5-6-8-17(16)21/h5-8,18H,3-4,9-15H2,1-2H3/t18-/m1/s1. The van der Waals surface area contributed by atoms with E-state index in [-0.39, 0.29) is 23.4 Å². The van der Waals surface area contributed by atoms with Crippen LogP contribution in [-0.4, -0.2) is 60.1 Å². The number of hydrogen-bond donors (Lipinski definition) is 0. The van der Waals surface area contributed by atoms with Crippen molar-refractivity contribution in [1.29, 1.82) is 0 Å². The van der Waals surface area contributed by atoms with Crippen molar-refractivity contribution in [2.75, 3.05) is 32.7 Å². The van der Waals surface area contributed by atoms with Crippen molar-refractivity contribution in [3.05, 3.63) is 35.6 Å². The van der Waals surface area contributed by atoms with E-state index in [1.165, 1.54) is 6.07 Å². The van der Waals surface area contributed by atoms with E-state index >= 15 is 0 Å². The lowest BCUT2D eigenvalue weighted by atomic mass is 9.88. The molecule has 4 nitrogen and oxygen atoms in total. The number of benzene rings is 1. The van der Waals surface area contributed by atoms with Crippen molar-refractivity contribution < 1.29 is 13.9 Å². The summed E-state index contributed by atoms with van der Waals surface area (Å²) < 4.78 is 20.0. The van der Waals surface area contributed by atoms with Crippen LogP contribution in [0.4, 0.5) is 4.39 Å². The van der Waals surface area contributed by atoms with Gasteiger partial charge < -0.3 is 14.5 Å². The number of ether oxygens (including phenoxy) is 1. The molecule has 0 saturated carbocycles. The predicted octanol–water partition coefficient (Wildman–Crippen LogP) is 2.86. The fourth-order valence-electron chi connectivity index (χ4n) is 3.98. The van der Waals surface area contributed by atoms with Crippen LogP contribution < -0.4 is 0 Å². The molecule has 1 aromatic rings. The van der Waals surface area contributed by atoms with Crippen LogP contribution >= 0.6 is 0 Å². The Hall–Kier alpha value is -1.46. The molecular formula is C20H29FN2O2. The van der Waals surface area contributed by atoms with Crippen LogP contribution in [0.1, 0.15) is 38.7 Å². The van der Waals surface area contributed by atoms with Gasteiger partial charge in [-0.1, -0.05) is 25.1 Å². The molecule has 25 heavy (non-hydrogen) atoms. The molecule has 0 N–H and O–H groups in total. The first kappa shape index (κ1) is 18.3. The van der Waals surface area contributed by atoms with Gasteiger partial charge in [-0.3, -0.25) is 4.79 Å². The molecule has 2 fully saturated rings. The molecule has 1 aromatic carbocycles. The monoisotopic (exact) mass is 348 g/mol. The lowest BCUT2D eigenvalue weighted by Gasteiger charge is -2.49. The zero-order chi connectivity index (χ0) is 17.9. The smallest absolute Gasteiger partial charge is 0.251 e. The van der Waals surface area contributed by atoms with E-state index in [1.54, 1.807) is 6.07 Å². The maximum Gasteiger partial charge on any atom is 0.251 e. The van der Waals surface area contributed by atoms with E-state index in [1.807, 2.05) is 30.9 Å². The van der Waals surface area contributed by atoms with Crippen LogP contribution in [0.5, 0.6) is 0 Å². The molecule has 0 aromatic heterocycles. The van der Waals surface area contributed by atoms with E-state index in [9.17, 15) is 9.18 Å². The normalized spacial score (nSPS) is 24.0. The van der Waals surface area contributed by atoms with Crippen LogP contribution in [0.2, 0.25) is 0 Å². The summed E-state index contributed by atoms with van der Waals surface area (Å²) in [5, 5.41) is 0. The fourth-order valence-corrected chi connectivity index (χ4v) is 3.98. The number of rotatable bonds is 5. The Morgan fingerprint density at radius 2 is 1.96 bits per heavy atom. The van der Waals surface area contributed by atoms with Gasteiger partial charge in [0.1, 0.15) is 11.9 Å². The van der Waals surface area contributed by atoms with Gasteiger partial charge in [-0.05, 0) is 44.2 Å². The highest BCUT2D eigenvalue weighted by atomic mass is 19.1. The molecule has 0 unspecified atom stereocenters. The Morgan fingerprint density at radius 3 is 2.60 bits per heavy atom. The Bertz CT molecular complexity index is 581. The van der Waals surface area contributed by atoms with E-state index in [0.29, 0.717) is 6.54 Å². The molecule has 2 heterocycles. The lowest BCUT2D eigenvalue weighted by molar-refractivity contribution is -0.192. The Morgan fingerprint density at radius 1 is 1.24 bits per heavy atom. The number of carbonyl (C=O) groups excluding carboxylic acids is 1. The summed E-state index contributed by atoms with van der Waals surface area (Å²) in [6.07, 6.45) is 3.04. The molecular weight excluding hydrogens is 319 g/mol. The summed E-state index contributed by atoms with van der Waals surface area (Å²) >= 11 is 0. The zero-order valence-corrected chi connectivity index (χ0v) is 15.3. The lowest BCUT2D eigenvalue weighted by Crippen LogP contribution is -2.61. The molecule has 3 rings (SSSR count). The van der Waals surface area contributed by atoms with Crippen LogP contribution in [-0.2, 0) is 16.0 Å². The summed E-state index contributed by atoms with van der Waals surface area (Å²) in [5.41, 5.74) is 0.588. The summed E-state index contributed by atoms with van der Waals surface area (Å²) in [6, 6.07) is 7.01. The highest BCUT2D eigenvalue weighted by Crippen LogP contribution is 2.33. The number of carbonyl (C=O) groups is 1. The van der Waals surface area contributed by atoms with Gasteiger partial charge in [0.05, 0.1) is 5.60 Å². The largest absolute Gasteiger partial charge is 0.360 e. The molecule has 2 aliphatic rings. The highest BCUT2D eigenvalue weighted by Gasteiger charge is 2.45. The van der Waals surface area contributed by atoms with Gasteiger partial charge in [-0.25, -0.2) is 4.39 Å². The van der Waals surface area contributed by atoms with Crippen molar-refractivity contribution in [1.82, 2.24) is 9.80 Å². The Labute approximate surface area is 149 Å². The minimum atomic E-state index is -0.293. The number of amides is 1. The average molecular weight is 348 g/mol. The fraction of sp³-hybridized carbons (Fsp3) is 0.650. The predicted molar refractivity (Wildman–Crippen MR) is 95.9 cm³/mol. The molecule has 138 valence electrons. The van der Waals surface area contributed by atoms with E-state index in [2.05, 4.69) is 4.90 Å². The summed E-state index contributed by atoms with van der Waals surface area (Å²) in [7, 11) is 0. The van der Waals surface area contributed by atoms with Gasteiger partial charge in [0.2, 0.25) is 0 Å². The summed E-state index contributed by atoms with van der Waals surface area (Å²) in [4.78, 5) is 16.7. The number of halogens is 1. The maximum atomic E-state index is 13.8. The molecule has 1 atom stereocenters. The average Bonchev–Trinajstić information content (AvgIpc) is 2.64. The Balaban J connectivity index is 1.56. The van der Waals surface area contributed by atoms with E-state index < -0.39 is 0 Å². The van der Waals surface area contributed by atoms with Crippen LogP contribution in [0.15, 0.2) is 24.3 Å². The van der Waals surface area contributed by atoms with Crippen molar-refractivity contribution in [2.45, 2.75) is 51.2 Å². The third kappa shape index (κ3) is 4.04. The molecule has 0 bridgehead atoms. The minimum absolute atomic E-state index is 0.116. The molecule has 0 radical (unpaired) electrons. The second kappa shape index (κ2) is 7.83. The second-order valence-corrected chi connectivity index (χ2v) is 7.23. The molecule has 5 heteroatoms. The highest BCUT2D eigenvalue weighted by molar-refractivity contribution is 5.81. The number of nitrogens with zero attached hydrogens (tertiary/aromatic N) is 2. The number of morpholine rings is 1. The minimum Gasteiger partial charge on any atom is -0.360 e. The first-order valence-corrected chi connectivity index (χ1v) is 9.49. The molecule has 1 amide bonds. The van der Waals surface area contributed by atoms with E-state index in [4.69, 9.17) is 4.74 Å². The molecule has 2 saturated heterocycles. The number of piperidine rings is 1. The third-order valence-electron chi connectivity index (χ3n) is 5.63. The number of likely N-dealkylation sites (tertiary alicyclic amines) is 1. The van der Waals surface area contributed by atoms with Crippen molar-refractivity contribution >= 4 is 5.91 Å². The Kier molecular flexibility index (Phi) is 5.74. The molecule has 1 spiro atoms. The van der Waals surface area contributed by atoms with Gasteiger partial charge >= 0.3 is 0 Å². The van der Waals surface area contributed by atoms with Crippen LogP contribution in [0.25, 0.3) is 0 Å². The maximum absolute atomic E-state index is 13.8. The molecule has 0 aliphatic carbocycles. The van der Waals surface area contributed by atoms with E-state index in [0.717, 1.165) is 57.4 Å². The molecule has 2 aliphatic heterocycles. The van der Waals surface area contributed by atoms with Crippen molar-refractivity contribution in [3.8, 4) is 0 Å². The van der Waals surface area contributed by atoms with Crippen LogP contribution in [0.3, 0.4) is 0 Å². The van der Waals surface area contributed by atoms with Crippen molar-refractivity contribution in [3.63, 3.8) is 0 Å². The topological polar surface area (TPSA) is 32.8 Å². The van der Waals surface area contributed by atoms with Gasteiger partial charge in [0.25, 0.3) is 5.91 Å². The van der Waals surface area contributed by atoms with Gasteiger partial charge in [-0.15, -0.1) is 0 Å². The summed E-state index contributed by atoms with van der Waals surface area (Å²) in [6.45, 7) is 8.25. The SMILES string of the molecule is CC[C@H]1OC2(CCN(CCc3ccccc3F)CC2)CN(CC)C1=O. The summed E-state index contributed by atoms with van der Waals surface area (Å²) in [5.74, 6) is 0.0205. The van der Waals surface area contributed by atoms with Gasteiger partial charge in [0, 0.05) is 32.7 Å². The second-order valence-electron chi connectivity index (χ2n) is 7.23. The quantitative estimate of drug-likeness (QED) is 0.820. The van der Waals surface area contributed by atoms with Crippen molar-refractivity contribution in [2.24, 2.45) is 0 Å². The number of likely N-dealkylation sites (N-methyl/N-ethyl adjacent to an activating group) is 1. The van der Waals surface area contributed by atoms with Crippen LogP contribution in [0, 0.1) is 5.82 Å².